The van der Waals surface area contributed by atoms with Crippen LogP contribution in [0.15, 0.2) is 28.9 Å². The molecule has 0 bridgehead atoms. The van der Waals surface area contributed by atoms with Gasteiger partial charge in [-0.15, -0.1) is 0 Å². The van der Waals surface area contributed by atoms with Gasteiger partial charge in [-0.2, -0.15) is 0 Å². The minimum Gasteiger partial charge on any atom is -0.476 e. The highest BCUT2D eigenvalue weighted by atomic mass is 79.9. The summed E-state index contributed by atoms with van der Waals surface area (Å²) in [5.74, 6) is -0.190. The molecule has 26 heavy (non-hydrogen) atoms. The molecule has 3 rings (SSSR count). The molecule has 0 N–H and O–H groups in total. The van der Waals surface area contributed by atoms with Crippen molar-refractivity contribution in [2.24, 2.45) is 0 Å². The molecule has 2 aromatic rings. The van der Waals surface area contributed by atoms with Crippen molar-refractivity contribution in [3.05, 3.63) is 39.0 Å². The Morgan fingerprint density at radius 1 is 1.42 bits per heavy atom. The van der Waals surface area contributed by atoms with Gasteiger partial charge in [0.05, 0.1) is 28.0 Å². The number of aromatic nitrogens is 1. The zero-order chi connectivity index (χ0) is 18.8. The van der Waals surface area contributed by atoms with E-state index < -0.39 is 4.92 Å². The molecule has 0 radical (unpaired) electrons. The highest BCUT2D eigenvalue weighted by Gasteiger charge is 2.27. The molecule has 8 nitrogen and oxygen atoms in total. The van der Waals surface area contributed by atoms with Gasteiger partial charge in [0.1, 0.15) is 6.20 Å². The number of amides is 1. The Morgan fingerprint density at radius 2 is 2.12 bits per heavy atom. The van der Waals surface area contributed by atoms with Crippen LogP contribution >= 0.6 is 15.9 Å². The molecule has 0 saturated carbocycles. The summed E-state index contributed by atoms with van der Waals surface area (Å²) in [6.07, 6.45) is 1.03. The Balaban J connectivity index is 1.85. The van der Waals surface area contributed by atoms with Crippen LogP contribution in [0.3, 0.4) is 0 Å². The summed E-state index contributed by atoms with van der Waals surface area (Å²) in [6.45, 7) is 4.45. The molecule has 1 aliphatic heterocycles. The van der Waals surface area contributed by atoms with Crippen LogP contribution in [0.25, 0.3) is 10.9 Å². The zero-order valence-corrected chi connectivity index (χ0v) is 15.9. The van der Waals surface area contributed by atoms with E-state index >= 15 is 0 Å². The molecule has 1 aromatic heterocycles. The van der Waals surface area contributed by atoms with Gasteiger partial charge in [-0.05, 0) is 32.0 Å². The van der Waals surface area contributed by atoms with Gasteiger partial charge < -0.3 is 14.4 Å². The van der Waals surface area contributed by atoms with Crippen molar-refractivity contribution in [3.63, 3.8) is 0 Å². The number of morpholine rings is 1. The first kappa shape index (κ1) is 18.5. The molecule has 1 aliphatic rings. The lowest BCUT2D eigenvalue weighted by atomic mass is 10.2. The Morgan fingerprint density at radius 3 is 2.77 bits per heavy atom. The third-order valence-corrected chi connectivity index (χ3v) is 4.56. The molecular weight excluding hydrogens is 406 g/mol. The molecule has 0 unspecified atom stereocenters. The van der Waals surface area contributed by atoms with Gasteiger partial charge in [0.15, 0.2) is 6.61 Å². The van der Waals surface area contributed by atoms with Gasteiger partial charge in [0, 0.05) is 17.6 Å². The van der Waals surface area contributed by atoms with Gasteiger partial charge in [-0.1, -0.05) is 15.9 Å². The number of carbonyl (C=O) groups excluding carboxylic acids is 1. The maximum atomic E-state index is 12.5. The maximum Gasteiger partial charge on any atom is 0.329 e. The third-order valence-electron chi connectivity index (χ3n) is 4.07. The quantitative estimate of drug-likeness (QED) is 0.554. The monoisotopic (exact) mass is 423 g/mol. The van der Waals surface area contributed by atoms with Crippen molar-refractivity contribution in [1.82, 2.24) is 9.88 Å². The first-order chi connectivity index (χ1) is 12.3. The lowest BCUT2D eigenvalue weighted by Gasteiger charge is -2.35. The topological polar surface area (TPSA) is 94.8 Å². The zero-order valence-electron chi connectivity index (χ0n) is 14.3. The van der Waals surface area contributed by atoms with Crippen LogP contribution < -0.4 is 4.74 Å². The SMILES string of the molecule is C[C@@H]1CN(C(=O)COc2c([N+](=O)[O-])cnc3ccc(Br)cc23)C[C@H](C)O1. The van der Waals surface area contributed by atoms with Crippen LogP contribution in [0.4, 0.5) is 5.69 Å². The van der Waals surface area contributed by atoms with Crippen LogP contribution in [0.5, 0.6) is 5.75 Å². The molecule has 0 aliphatic carbocycles. The van der Waals surface area contributed by atoms with Crippen molar-refractivity contribution in [2.45, 2.75) is 26.1 Å². The molecule has 1 aromatic carbocycles. The second-order valence-corrected chi connectivity index (χ2v) is 7.15. The molecule has 1 amide bonds. The first-order valence-electron chi connectivity index (χ1n) is 8.14. The van der Waals surface area contributed by atoms with Crippen LogP contribution in [0.1, 0.15) is 13.8 Å². The number of halogens is 1. The van der Waals surface area contributed by atoms with E-state index in [2.05, 4.69) is 20.9 Å². The molecule has 9 heteroatoms. The van der Waals surface area contributed by atoms with E-state index in [4.69, 9.17) is 9.47 Å². The van der Waals surface area contributed by atoms with Crippen LogP contribution in [-0.4, -0.2) is 52.6 Å². The molecule has 1 fully saturated rings. The van der Waals surface area contributed by atoms with E-state index in [0.717, 1.165) is 10.7 Å². The molecule has 2 heterocycles. The Bertz CT molecular complexity index is 850. The summed E-state index contributed by atoms with van der Waals surface area (Å²) in [5, 5.41) is 11.8. The van der Waals surface area contributed by atoms with Crippen molar-refractivity contribution >= 4 is 38.4 Å². The number of hydrogen-bond donors (Lipinski definition) is 0. The van der Waals surface area contributed by atoms with Crippen LogP contribution in [0, 0.1) is 10.1 Å². The van der Waals surface area contributed by atoms with Gasteiger partial charge >= 0.3 is 5.69 Å². The summed E-state index contributed by atoms with van der Waals surface area (Å²) >= 11 is 3.34. The second kappa shape index (κ2) is 7.55. The number of pyridine rings is 1. The minimum absolute atomic E-state index is 0.0454. The summed E-state index contributed by atoms with van der Waals surface area (Å²) in [7, 11) is 0. The molecular formula is C17H18BrN3O5. The molecule has 2 atom stereocenters. The van der Waals surface area contributed by atoms with Crippen molar-refractivity contribution in [3.8, 4) is 5.75 Å². The largest absolute Gasteiger partial charge is 0.476 e. The van der Waals surface area contributed by atoms with Crippen molar-refractivity contribution in [1.29, 1.82) is 0 Å². The van der Waals surface area contributed by atoms with Crippen LogP contribution in [-0.2, 0) is 9.53 Å². The number of nitro groups is 1. The number of hydrogen-bond acceptors (Lipinski definition) is 6. The van der Waals surface area contributed by atoms with E-state index in [1.54, 1.807) is 23.1 Å². The number of carbonyl (C=O) groups is 1. The average Bonchev–Trinajstić information content (AvgIpc) is 2.58. The van der Waals surface area contributed by atoms with Gasteiger partial charge in [-0.3, -0.25) is 14.9 Å². The van der Waals surface area contributed by atoms with E-state index in [1.807, 2.05) is 13.8 Å². The number of ether oxygens (including phenoxy) is 2. The normalized spacial score (nSPS) is 20.2. The summed E-state index contributed by atoms with van der Waals surface area (Å²) in [5.41, 5.74) is 0.280. The fraction of sp³-hybridized carbons (Fsp3) is 0.412. The molecule has 138 valence electrons. The standard InChI is InChI=1S/C17H18BrN3O5/c1-10-7-20(8-11(2)26-10)16(22)9-25-17-13-5-12(18)3-4-14(13)19-6-15(17)21(23)24/h3-6,10-11H,7-9H2,1-2H3/t10-,11+. The van der Waals surface area contributed by atoms with Gasteiger partial charge in [0.2, 0.25) is 5.75 Å². The Kier molecular flexibility index (Phi) is 5.38. The first-order valence-corrected chi connectivity index (χ1v) is 8.93. The third kappa shape index (κ3) is 3.94. The summed E-state index contributed by atoms with van der Waals surface area (Å²) in [4.78, 5) is 29.0. The molecule has 0 spiro atoms. The average molecular weight is 424 g/mol. The van der Waals surface area contributed by atoms with Crippen LogP contribution in [0.2, 0.25) is 0 Å². The lowest BCUT2D eigenvalue weighted by molar-refractivity contribution is -0.386. The number of rotatable bonds is 4. The molecule has 1 saturated heterocycles. The Hall–Kier alpha value is -2.26. The van der Waals surface area contributed by atoms with E-state index in [9.17, 15) is 14.9 Å². The maximum absolute atomic E-state index is 12.5. The smallest absolute Gasteiger partial charge is 0.329 e. The van der Waals surface area contributed by atoms with E-state index in [1.165, 1.54) is 0 Å². The fourth-order valence-electron chi connectivity index (χ4n) is 3.02. The van der Waals surface area contributed by atoms with Crippen molar-refractivity contribution < 1.29 is 19.2 Å². The highest BCUT2D eigenvalue weighted by Crippen LogP contribution is 2.35. The lowest BCUT2D eigenvalue weighted by Crippen LogP contribution is -2.49. The minimum atomic E-state index is -0.563. The summed E-state index contributed by atoms with van der Waals surface area (Å²) < 4.78 is 12.0. The number of nitrogens with zero attached hydrogens (tertiary/aromatic N) is 3. The predicted molar refractivity (Wildman–Crippen MR) is 98.2 cm³/mol. The summed E-state index contributed by atoms with van der Waals surface area (Å²) in [6, 6.07) is 5.20. The predicted octanol–water partition coefficient (Wildman–Crippen LogP) is 2.92. The van der Waals surface area contributed by atoms with Gasteiger partial charge in [0.25, 0.3) is 5.91 Å². The number of fused-ring (bicyclic) bond motifs is 1. The van der Waals surface area contributed by atoms with E-state index in [-0.39, 0.29) is 36.2 Å². The van der Waals surface area contributed by atoms with Crippen molar-refractivity contribution in [2.75, 3.05) is 19.7 Å². The van der Waals surface area contributed by atoms with E-state index in [0.29, 0.717) is 24.0 Å². The van der Waals surface area contributed by atoms with Gasteiger partial charge in [-0.25, -0.2) is 4.98 Å². The highest BCUT2D eigenvalue weighted by molar-refractivity contribution is 9.10. The second-order valence-electron chi connectivity index (χ2n) is 6.24. The number of benzene rings is 1. The fourth-order valence-corrected chi connectivity index (χ4v) is 3.38. The Labute approximate surface area is 158 Å².